The largest absolute Gasteiger partial charge is 0.351 e. The second-order valence-corrected chi connectivity index (χ2v) is 9.19. The fraction of sp³-hybridized carbons (Fsp3) is 0.308. The highest BCUT2D eigenvalue weighted by molar-refractivity contribution is 7.12. The van der Waals surface area contributed by atoms with Gasteiger partial charge in [0.25, 0.3) is 5.91 Å². The Morgan fingerprint density at radius 2 is 1.56 bits per heavy atom. The Morgan fingerprint density at radius 3 is 2.19 bits per heavy atom. The van der Waals surface area contributed by atoms with Gasteiger partial charge in [-0.05, 0) is 35.4 Å². The van der Waals surface area contributed by atoms with E-state index in [0.29, 0.717) is 11.3 Å². The van der Waals surface area contributed by atoms with Crippen LogP contribution >= 0.6 is 11.3 Å². The van der Waals surface area contributed by atoms with Crippen LogP contribution in [-0.4, -0.2) is 41.9 Å². The number of hydrogen-bond donors (Lipinski definition) is 2. The zero-order valence-electron chi connectivity index (χ0n) is 18.1. The van der Waals surface area contributed by atoms with Gasteiger partial charge in [0.2, 0.25) is 5.91 Å². The third-order valence-corrected chi connectivity index (χ3v) is 6.70. The number of carbonyl (C=O) groups is 2. The summed E-state index contributed by atoms with van der Waals surface area (Å²) >= 11 is 1.38. The maximum atomic E-state index is 13.2. The van der Waals surface area contributed by atoms with Crippen molar-refractivity contribution in [3.05, 3.63) is 94.2 Å². The first-order valence-electron chi connectivity index (χ1n) is 11.1. The summed E-state index contributed by atoms with van der Waals surface area (Å²) in [5.74, 6) is -0.311. The molecule has 0 bridgehead atoms. The molecule has 166 valence electrons. The van der Waals surface area contributed by atoms with Gasteiger partial charge in [0.1, 0.15) is 6.04 Å². The number of amides is 2. The predicted molar refractivity (Wildman–Crippen MR) is 129 cm³/mol. The zero-order valence-corrected chi connectivity index (χ0v) is 18.9. The molecule has 6 heteroatoms. The highest BCUT2D eigenvalue weighted by Crippen LogP contribution is 2.15. The Labute approximate surface area is 193 Å². The second-order valence-electron chi connectivity index (χ2n) is 8.24. The lowest BCUT2D eigenvalue weighted by Gasteiger charge is -2.33. The standard InChI is InChI=1S/C26H29N3O2S/c30-25(27-22-13-15-29(16-14-22)19-21-10-5-2-6-11-21)23(18-20-8-3-1-4-9-20)28-26(31)24-12-7-17-32-24/h1-12,17,22-23H,13-16,18-19H2,(H,27,30)(H,28,31). The number of benzene rings is 2. The lowest BCUT2D eigenvalue weighted by atomic mass is 10.0. The van der Waals surface area contributed by atoms with Crippen molar-refractivity contribution in [3.8, 4) is 0 Å². The highest BCUT2D eigenvalue weighted by Gasteiger charge is 2.26. The number of piperidine rings is 1. The van der Waals surface area contributed by atoms with Crippen LogP contribution in [0.15, 0.2) is 78.2 Å². The Hall–Kier alpha value is -2.96. The maximum absolute atomic E-state index is 13.2. The van der Waals surface area contributed by atoms with Crippen molar-refractivity contribution in [2.45, 2.75) is 37.9 Å². The molecule has 1 aliphatic rings. The quantitative estimate of drug-likeness (QED) is 0.551. The van der Waals surface area contributed by atoms with Crippen LogP contribution in [0.3, 0.4) is 0 Å². The molecule has 1 aliphatic heterocycles. The van der Waals surface area contributed by atoms with Crippen molar-refractivity contribution in [1.82, 2.24) is 15.5 Å². The number of likely N-dealkylation sites (tertiary alicyclic amines) is 1. The summed E-state index contributed by atoms with van der Waals surface area (Å²) in [6.45, 7) is 2.84. The molecule has 32 heavy (non-hydrogen) atoms. The number of nitrogens with one attached hydrogen (secondary N) is 2. The van der Waals surface area contributed by atoms with Gasteiger partial charge in [0.05, 0.1) is 4.88 Å². The van der Waals surface area contributed by atoms with Gasteiger partial charge in [-0.2, -0.15) is 0 Å². The van der Waals surface area contributed by atoms with E-state index in [9.17, 15) is 9.59 Å². The molecule has 1 atom stereocenters. The minimum atomic E-state index is -0.602. The van der Waals surface area contributed by atoms with Crippen LogP contribution in [0.4, 0.5) is 0 Å². The Kier molecular flexibility index (Phi) is 7.69. The average molecular weight is 448 g/mol. The Balaban J connectivity index is 1.34. The summed E-state index contributed by atoms with van der Waals surface area (Å²) in [5, 5.41) is 8.01. The van der Waals surface area contributed by atoms with Gasteiger partial charge in [-0.15, -0.1) is 11.3 Å². The van der Waals surface area contributed by atoms with E-state index in [0.717, 1.165) is 38.0 Å². The summed E-state index contributed by atoms with van der Waals surface area (Å²) in [6.07, 6.45) is 2.29. The minimum Gasteiger partial charge on any atom is -0.351 e. The maximum Gasteiger partial charge on any atom is 0.262 e. The molecule has 1 unspecified atom stereocenters. The second kappa shape index (κ2) is 11.1. The van der Waals surface area contributed by atoms with E-state index >= 15 is 0 Å². The van der Waals surface area contributed by atoms with E-state index in [-0.39, 0.29) is 17.9 Å². The first-order chi connectivity index (χ1) is 15.7. The number of thiophene rings is 1. The normalized spacial score (nSPS) is 15.8. The van der Waals surface area contributed by atoms with E-state index in [2.05, 4.69) is 39.8 Å². The highest BCUT2D eigenvalue weighted by atomic mass is 32.1. The smallest absolute Gasteiger partial charge is 0.262 e. The van der Waals surface area contributed by atoms with Crippen LogP contribution in [-0.2, 0) is 17.8 Å². The molecule has 3 aromatic rings. The lowest BCUT2D eigenvalue weighted by molar-refractivity contribution is -0.124. The third-order valence-electron chi connectivity index (χ3n) is 5.83. The van der Waals surface area contributed by atoms with E-state index in [4.69, 9.17) is 0 Å². The molecule has 0 saturated carbocycles. The average Bonchev–Trinajstić information content (AvgIpc) is 3.36. The molecule has 2 aromatic carbocycles. The van der Waals surface area contributed by atoms with Gasteiger partial charge in [-0.25, -0.2) is 0 Å². The summed E-state index contributed by atoms with van der Waals surface area (Å²) in [6, 6.07) is 23.5. The van der Waals surface area contributed by atoms with E-state index < -0.39 is 6.04 Å². The molecule has 5 nitrogen and oxygen atoms in total. The number of rotatable bonds is 8. The van der Waals surface area contributed by atoms with Crippen molar-refractivity contribution < 1.29 is 9.59 Å². The van der Waals surface area contributed by atoms with Crippen LogP contribution in [0.2, 0.25) is 0 Å². The topological polar surface area (TPSA) is 61.4 Å². The number of carbonyl (C=O) groups excluding carboxylic acids is 2. The summed E-state index contributed by atoms with van der Waals surface area (Å²) in [7, 11) is 0. The van der Waals surface area contributed by atoms with Gasteiger partial charge in [0.15, 0.2) is 0 Å². The molecular weight excluding hydrogens is 418 g/mol. The molecule has 2 heterocycles. The van der Waals surface area contributed by atoms with Crippen molar-refractivity contribution in [1.29, 1.82) is 0 Å². The molecule has 0 aliphatic carbocycles. The first-order valence-corrected chi connectivity index (χ1v) is 12.0. The van der Waals surface area contributed by atoms with E-state index in [1.54, 1.807) is 6.07 Å². The fourth-order valence-electron chi connectivity index (χ4n) is 4.08. The SMILES string of the molecule is O=C(NC(Cc1ccccc1)C(=O)NC1CCN(Cc2ccccc2)CC1)c1cccs1. The summed E-state index contributed by atoms with van der Waals surface area (Å²) in [4.78, 5) is 28.8. The first kappa shape index (κ1) is 22.2. The molecule has 0 spiro atoms. The van der Waals surface area contributed by atoms with Crippen molar-refractivity contribution >= 4 is 23.2 Å². The van der Waals surface area contributed by atoms with Gasteiger partial charge >= 0.3 is 0 Å². The number of hydrogen-bond acceptors (Lipinski definition) is 4. The van der Waals surface area contributed by atoms with Crippen molar-refractivity contribution in [2.24, 2.45) is 0 Å². The van der Waals surface area contributed by atoms with Crippen LogP contribution in [0.5, 0.6) is 0 Å². The molecular formula is C26H29N3O2S. The molecule has 2 N–H and O–H groups in total. The molecule has 1 saturated heterocycles. The van der Waals surface area contributed by atoms with Crippen molar-refractivity contribution in [3.63, 3.8) is 0 Å². The monoisotopic (exact) mass is 447 g/mol. The summed E-state index contributed by atoms with van der Waals surface area (Å²) in [5.41, 5.74) is 2.34. The van der Waals surface area contributed by atoms with Gasteiger partial charge in [-0.1, -0.05) is 66.7 Å². The molecule has 2 amide bonds. The third kappa shape index (κ3) is 6.28. The van der Waals surface area contributed by atoms with Crippen LogP contribution < -0.4 is 10.6 Å². The Bertz CT molecular complexity index is 984. The predicted octanol–water partition coefficient (Wildman–Crippen LogP) is 3.87. The van der Waals surface area contributed by atoms with Gasteiger partial charge < -0.3 is 10.6 Å². The fourth-order valence-corrected chi connectivity index (χ4v) is 4.70. The van der Waals surface area contributed by atoms with Crippen LogP contribution in [0, 0.1) is 0 Å². The van der Waals surface area contributed by atoms with E-state index in [1.807, 2.05) is 47.8 Å². The van der Waals surface area contributed by atoms with Crippen molar-refractivity contribution in [2.75, 3.05) is 13.1 Å². The lowest BCUT2D eigenvalue weighted by Crippen LogP contribution is -2.52. The Morgan fingerprint density at radius 1 is 0.906 bits per heavy atom. The van der Waals surface area contributed by atoms with Gasteiger partial charge in [0, 0.05) is 32.1 Å². The molecule has 0 radical (unpaired) electrons. The summed E-state index contributed by atoms with van der Waals surface area (Å²) < 4.78 is 0. The zero-order chi connectivity index (χ0) is 22.2. The van der Waals surface area contributed by atoms with Gasteiger partial charge in [-0.3, -0.25) is 14.5 Å². The minimum absolute atomic E-state index is 0.111. The molecule has 4 rings (SSSR count). The van der Waals surface area contributed by atoms with Crippen LogP contribution in [0.25, 0.3) is 0 Å². The molecule has 1 fully saturated rings. The van der Waals surface area contributed by atoms with Crippen LogP contribution in [0.1, 0.15) is 33.6 Å². The van der Waals surface area contributed by atoms with E-state index in [1.165, 1.54) is 16.9 Å². The molecule has 1 aromatic heterocycles. The number of nitrogens with zero attached hydrogens (tertiary/aromatic N) is 1.